The third-order valence-electron chi connectivity index (χ3n) is 2.07. The molecule has 0 spiro atoms. The van der Waals surface area contributed by atoms with E-state index in [0.717, 1.165) is 4.90 Å². The van der Waals surface area contributed by atoms with Crippen molar-refractivity contribution in [3.63, 3.8) is 0 Å². The van der Waals surface area contributed by atoms with E-state index in [0.29, 0.717) is 5.69 Å². The average molecular weight is 314 g/mol. The van der Waals surface area contributed by atoms with Gasteiger partial charge in [0.2, 0.25) is 0 Å². The Morgan fingerprint density at radius 3 is 2.65 bits per heavy atom. The van der Waals surface area contributed by atoms with E-state index in [9.17, 15) is 18.0 Å². The molecule has 0 radical (unpaired) electrons. The molecule has 0 saturated carbocycles. The van der Waals surface area contributed by atoms with Crippen molar-refractivity contribution in [1.82, 2.24) is 15.1 Å². The normalized spacial score (nSPS) is 11.6. The van der Waals surface area contributed by atoms with Gasteiger partial charge in [-0.05, 0) is 6.92 Å². The number of carbonyl (C=O) groups is 1. The highest BCUT2D eigenvalue weighted by Gasteiger charge is 2.33. The maximum absolute atomic E-state index is 12.3. The lowest BCUT2D eigenvalue weighted by Crippen LogP contribution is -2.40. The minimum atomic E-state index is -4.41. The van der Waals surface area contributed by atoms with E-state index in [1.54, 1.807) is 6.92 Å². The first-order valence-corrected chi connectivity index (χ1v) is 5.89. The Morgan fingerprint density at radius 2 is 2.24 bits per heavy atom. The predicted molar refractivity (Wildman–Crippen MR) is 59.1 cm³/mol. The van der Waals surface area contributed by atoms with Gasteiger partial charge in [0.15, 0.2) is 0 Å². The molecule has 96 valence electrons. The van der Waals surface area contributed by atoms with Crippen LogP contribution in [0.25, 0.3) is 0 Å². The molecule has 0 aliphatic heterocycles. The van der Waals surface area contributed by atoms with Gasteiger partial charge in [-0.25, -0.2) is 0 Å². The number of aryl methyl sites for hydroxylation is 1. The number of amides is 1. The summed E-state index contributed by atoms with van der Waals surface area (Å²) in [6.45, 7) is 0.311. The highest BCUT2D eigenvalue weighted by molar-refractivity contribution is 9.09. The second-order valence-electron chi connectivity index (χ2n) is 3.44. The van der Waals surface area contributed by atoms with Crippen LogP contribution >= 0.6 is 15.9 Å². The van der Waals surface area contributed by atoms with E-state index in [1.807, 2.05) is 0 Å². The monoisotopic (exact) mass is 313 g/mol. The Balaban J connectivity index is 2.84. The van der Waals surface area contributed by atoms with Crippen LogP contribution in [0.15, 0.2) is 6.20 Å². The smallest absolute Gasteiger partial charge is 0.329 e. The predicted octanol–water partition coefficient (Wildman–Crippen LogP) is 2.12. The van der Waals surface area contributed by atoms with E-state index in [4.69, 9.17) is 0 Å². The molecule has 8 heteroatoms. The number of hydrogen-bond donors (Lipinski definition) is 1. The Kier molecular flexibility index (Phi) is 4.55. The third kappa shape index (κ3) is 4.03. The van der Waals surface area contributed by atoms with Crippen LogP contribution < -0.4 is 0 Å². The van der Waals surface area contributed by atoms with Crippen molar-refractivity contribution < 1.29 is 18.0 Å². The first kappa shape index (κ1) is 14.0. The van der Waals surface area contributed by atoms with E-state index in [2.05, 4.69) is 26.1 Å². The van der Waals surface area contributed by atoms with Gasteiger partial charge in [-0.3, -0.25) is 9.89 Å². The van der Waals surface area contributed by atoms with E-state index < -0.39 is 18.6 Å². The summed E-state index contributed by atoms with van der Waals surface area (Å²) in [6.07, 6.45) is -3.18. The molecule has 0 unspecified atom stereocenters. The topological polar surface area (TPSA) is 49.0 Å². The highest BCUT2D eigenvalue weighted by atomic mass is 79.9. The van der Waals surface area contributed by atoms with Crippen LogP contribution in [0.5, 0.6) is 0 Å². The number of aromatic nitrogens is 2. The molecule has 17 heavy (non-hydrogen) atoms. The summed E-state index contributed by atoms with van der Waals surface area (Å²) in [6, 6.07) is 0. The first-order chi connectivity index (χ1) is 7.85. The van der Waals surface area contributed by atoms with Crippen LogP contribution in [-0.4, -0.2) is 45.6 Å². The minimum Gasteiger partial charge on any atom is -0.329 e. The molecule has 0 aliphatic rings. The van der Waals surface area contributed by atoms with Gasteiger partial charge in [-0.1, -0.05) is 15.9 Å². The summed E-state index contributed by atoms with van der Waals surface area (Å²) in [4.78, 5) is 12.6. The molecule has 0 aromatic carbocycles. The van der Waals surface area contributed by atoms with Crippen LogP contribution in [0.2, 0.25) is 0 Å². The highest BCUT2D eigenvalue weighted by Crippen LogP contribution is 2.18. The fourth-order valence-electron chi connectivity index (χ4n) is 1.31. The van der Waals surface area contributed by atoms with Gasteiger partial charge < -0.3 is 4.90 Å². The number of nitrogens with one attached hydrogen (secondary N) is 1. The maximum atomic E-state index is 12.3. The summed E-state index contributed by atoms with van der Waals surface area (Å²) in [5, 5.41) is 6.42. The molecule has 1 aromatic rings. The van der Waals surface area contributed by atoms with Crippen molar-refractivity contribution in [1.29, 1.82) is 0 Å². The second-order valence-corrected chi connectivity index (χ2v) is 4.23. The number of carbonyl (C=O) groups excluding carboxylic acids is 1. The molecule has 0 atom stereocenters. The summed E-state index contributed by atoms with van der Waals surface area (Å²) in [7, 11) is 0. The van der Waals surface area contributed by atoms with E-state index >= 15 is 0 Å². The summed E-state index contributed by atoms with van der Waals surface area (Å²) < 4.78 is 36.9. The quantitative estimate of drug-likeness (QED) is 0.866. The molecule has 1 heterocycles. The summed E-state index contributed by atoms with van der Waals surface area (Å²) in [5.41, 5.74) is 0.618. The number of H-pyrrole nitrogens is 1. The van der Waals surface area contributed by atoms with Gasteiger partial charge in [0, 0.05) is 17.6 Å². The third-order valence-corrected chi connectivity index (χ3v) is 2.43. The van der Waals surface area contributed by atoms with Crippen molar-refractivity contribution in [3.05, 3.63) is 17.5 Å². The van der Waals surface area contributed by atoms with Crippen LogP contribution in [0.4, 0.5) is 13.2 Å². The Bertz CT molecular complexity index is 391. The fourth-order valence-corrected chi connectivity index (χ4v) is 1.74. The van der Waals surface area contributed by atoms with E-state index in [-0.39, 0.29) is 17.4 Å². The fraction of sp³-hybridized carbons (Fsp3) is 0.556. The van der Waals surface area contributed by atoms with Gasteiger partial charge in [0.1, 0.15) is 6.54 Å². The molecule has 0 fully saturated rings. The zero-order chi connectivity index (χ0) is 13.1. The number of rotatable bonds is 4. The van der Waals surface area contributed by atoms with Gasteiger partial charge in [0.25, 0.3) is 5.91 Å². The number of halogens is 4. The van der Waals surface area contributed by atoms with Crippen LogP contribution in [0.1, 0.15) is 16.1 Å². The largest absolute Gasteiger partial charge is 0.406 e. The number of alkyl halides is 4. The number of aromatic amines is 1. The zero-order valence-electron chi connectivity index (χ0n) is 9.01. The van der Waals surface area contributed by atoms with Crippen LogP contribution in [0.3, 0.4) is 0 Å². The molecule has 1 rings (SSSR count). The molecule has 1 aromatic heterocycles. The number of nitrogens with zero attached hydrogens (tertiary/aromatic N) is 2. The van der Waals surface area contributed by atoms with Crippen LogP contribution in [-0.2, 0) is 0 Å². The van der Waals surface area contributed by atoms with Gasteiger partial charge in [0.05, 0.1) is 11.8 Å². The molecule has 0 aliphatic carbocycles. The van der Waals surface area contributed by atoms with Crippen molar-refractivity contribution in [2.24, 2.45) is 0 Å². The molecule has 4 nitrogen and oxygen atoms in total. The Labute approximate surface area is 104 Å². The van der Waals surface area contributed by atoms with Crippen molar-refractivity contribution >= 4 is 21.8 Å². The van der Waals surface area contributed by atoms with Crippen molar-refractivity contribution in [3.8, 4) is 0 Å². The molecule has 1 amide bonds. The average Bonchev–Trinajstić information content (AvgIpc) is 2.61. The lowest BCUT2D eigenvalue weighted by atomic mass is 10.2. The molecular weight excluding hydrogens is 303 g/mol. The lowest BCUT2D eigenvalue weighted by molar-refractivity contribution is -0.140. The SMILES string of the molecule is Cc1[nH]ncc1C(=O)N(CCBr)CC(F)(F)F. The summed E-state index contributed by atoms with van der Waals surface area (Å²) >= 11 is 3.02. The zero-order valence-corrected chi connectivity index (χ0v) is 10.6. The Morgan fingerprint density at radius 1 is 1.59 bits per heavy atom. The van der Waals surface area contributed by atoms with Gasteiger partial charge in [-0.2, -0.15) is 18.3 Å². The van der Waals surface area contributed by atoms with Crippen molar-refractivity contribution in [2.75, 3.05) is 18.4 Å². The maximum Gasteiger partial charge on any atom is 0.406 e. The standard InChI is InChI=1S/C9H11BrF3N3O/c1-6-7(4-14-15-6)8(17)16(3-2-10)5-9(11,12)13/h4H,2-3,5H2,1H3,(H,14,15). The van der Waals surface area contributed by atoms with Crippen LogP contribution in [0, 0.1) is 6.92 Å². The number of hydrogen-bond acceptors (Lipinski definition) is 2. The minimum absolute atomic E-state index is 0.0109. The molecule has 1 N–H and O–H groups in total. The van der Waals surface area contributed by atoms with Gasteiger partial charge >= 0.3 is 6.18 Å². The second kappa shape index (κ2) is 5.52. The Hall–Kier alpha value is -1.05. The molecular formula is C9H11BrF3N3O. The van der Waals surface area contributed by atoms with Crippen molar-refractivity contribution in [2.45, 2.75) is 13.1 Å². The van der Waals surface area contributed by atoms with E-state index in [1.165, 1.54) is 6.20 Å². The molecule has 0 saturated heterocycles. The molecule has 0 bridgehead atoms. The first-order valence-electron chi connectivity index (χ1n) is 4.77. The summed E-state index contributed by atoms with van der Waals surface area (Å²) in [5.74, 6) is -0.673. The van der Waals surface area contributed by atoms with Gasteiger partial charge in [-0.15, -0.1) is 0 Å². The lowest BCUT2D eigenvalue weighted by Gasteiger charge is -2.22.